The topological polar surface area (TPSA) is 60.7 Å². The summed E-state index contributed by atoms with van der Waals surface area (Å²) in [5.74, 6) is -0.208. The van der Waals surface area contributed by atoms with E-state index in [0.29, 0.717) is 8.95 Å². The molecule has 0 saturated carbocycles. The van der Waals surface area contributed by atoms with Crippen LogP contribution >= 0.6 is 43.5 Å². The molecular formula is C9H9Br2ClO3. The molecule has 0 bridgehead atoms. The Morgan fingerprint density at radius 2 is 1.87 bits per heavy atom. The van der Waals surface area contributed by atoms with Crippen LogP contribution in [0.1, 0.15) is 11.7 Å². The highest BCUT2D eigenvalue weighted by Crippen LogP contribution is 2.36. The van der Waals surface area contributed by atoms with Crippen molar-refractivity contribution in [1.82, 2.24) is 0 Å². The van der Waals surface area contributed by atoms with E-state index in [-0.39, 0.29) is 17.2 Å². The van der Waals surface area contributed by atoms with Crippen LogP contribution in [0, 0.1) is 0 Å². The average Bonchev–Trinajstić information content (AvgIpc) is 2.21. The highest BCUT2D eigenvalue weighted by molar-refractivity contribution is 9.11. The van der Waals surface area contributed by atoms with Crippen LogP contribution in [-0.4, -0.2) is 27.3 Å². The SMILES string of the molecule is Oc1c(Br)cc(Br)cc1C(O)C(O)CCl. The van der Waals surface area contributed by atoms with E-state index >= 15 is 0 Å². The largest absolute Gasteiger partial charge is 0.506 e. The zero-order valence-electron chi connectivity index (χ0n) is 7.49. The van der Waals surface area contributed by atoms with Crippen LogP contribution in [0.5, 0.6) is 5.75 Å². The maximum absolute atomic E-state index is 9.68. The van der Waals surface area contributed by atoms with Gasteiger partial charge in [-0.25, -0.2) is 0 Å². The molecule has 0 aliphatic carbocycles. The second-order valence-corrected chi connectivity index (χ2v) is 5.07. The van der Waals surface area contributed by atoms with E-state index in [1.54, 1.807) is 6.07 Å². The van der Waals surface area contributed by atoms with Gasteiger partial charge in [-0.2, -0.15) is 0 Å². The van der Waals surface area contributed by atoms with Gasteiger partial charge in [-0.3, -0.25) is 0 Å². The maximum Gasteiger partial charge on any atom is 0.135 e. The number of phenolic OH excluding ortho intramolecular Hbond substituents is 1. The molecule has 0 radical (unpaired) electrons. The number of alkyl halides is 1. The zero-order valence-corrected chi connectivity index (χ0v) is 11.4. The van der Waals surface area contributed by atoms with Crippen molar-refractivity contribution in [2.75, 3.05) is 5.88 Å². The van der Waals surface area contributed by atoms with E-state index in [9.17, 15) is 15.3 Å². The Morgan fingerprint density at radius 1 is 1.27 bits per heavy atom. The van der Waals surface area contributed by atoms with Gasteiger partial charge in [0.15, 0.2) is 0 Å². The van der Waals surface area contributed by atoms with Gasteiger partial charge in [0.25, 0.3) is 0 Å². The van der Waals surface area contributed by atoms with Crippen molar-refractivity contribution in [2.45, 2.75) is 12.2 Å². The molecule has 0 aliphatic heterocycles. The second kappa shape index (κ2) is 5.50. The Morgan fingerprint density at radius 3 is 2.40 bits per heavy atom. The van der Waals surface area contributed by atoms with Crippen LogP contribution in [-0.2, 0) is 0 Å². The Labute approximate surface area is 109 Å². The normalized spacial score (nSPS) is 15.0. The predicted molar refractivity (Wildman–Crippen MR) is 65.2 cm³/mol. The lowest BCUT2D eigenvalue weighted by molar-refractivity contribution is 0.0311. The number of aliphatic hydroxyl groups excluding tert-OH is 2. The molecule has 0 fully saturated rings. The predicted octanol–water partition coefficient (Wildman–Crippen LogP) is 2.55. The quantitative estimate of drug-likeness (QED) is 0.726. The number of rotatable bonds is 3. The van der Waals surface area contributed by atoms with Gasteiger partial charge in [0, 0.05) is 10.0 Å². The fraction of sp³-hybridized carbons (Fsp3) is 0.333. The van der Waals surface area contributed by atoms with Gasteiger partial charge < -0.3 is 15.3 Å². The highest BCUT2D eigenvalue weighted by atomic mass is 79.9. The molecule has 1 aromatic carbocycles. The molecule has 3 N–H and O–H groups in total. The van der Waals surface area contributed by atoms with Crippen LogP contribution in [0.25, 0.3) is 0 Å². The van der Waals surface area contributed by atoms with Crippen molar-refractivity contribution in [3.8, 4) is 5.75 Å². The lowest BCUT2D eigenvalue weighted by Gasteiger charge is -2.17. The summed E-state index contributed by atoms with van der Waals surface area (Å²) in [7, 11) is 0. The fourth-order valence-electron chi connectivity index (χ4n) is 1.10. The first-order valence-electron chi connectivity index (χ1n) is 4.07. The van der Waals surface area contributed by atoms with Crippen molar-refractivity contribution in [3.05, 3.63) is 26.6 Å². The zero-order chi connectivity index (χ0) is 11.6. The molecule has 0 spiro atoms. The number of hydrogen-bond donors (Lipinski definition) is 3. The van der Waals surface area contributed by atoms with Crippen LogP contribution in [0.4, 0.5) is 0 Å². The Hall–Kier alpha value is 0.190. The number of aromatic hydroxyl groups is 1. The second-order valence-electron chi connectivity index (χ2n) is 2.99. The summed E-state index contributed by atoms with van der Waals surface area (Å²) in [6.45, 7) is 0. The number of aliphatic hydroxyl groups is 2. The minimum absolute atomic E-state index is 0.102. The summed E-state index contributed by atoms with van der Waals surface area (Å²) >= 11 is 11.8. The number of phenols is 1. The van der Waals surface area contributed by atoms with Gasteiger partial charge in [0.05, 0.1) is 16.5 Å². The molecule has 2 unspecified atom stereocenters. The smallest absolute Gasteiger partial charge is 0.135 e. The fourth-order valence-corrected chi connectivity index (χ4v) is 2.53. The van der Waals surface area contributed by atoms with Gasteiger partial charge in [-0.05, 0) is 28.1 Å². The van der Waals surface area contributed by atoms with E-state index in [1.165, 1.54) is 6.07 Å². The minimum atomic E-state index is -1.21. The third-order valence-electron chi connectivity index (χ3n) is 1.90. The van der Waals surface area contributed by atoms with E-state index in [4.69, 9.17) is 11.6 Å². The van der Waals surface area contributed by atoms with Gasteiger partial charge in [0.2, 0.25) is 0 Å². The summed E-state index contributed by atoms with van der Waals surface area (Å²) in [6, 6.07) is 3.17. The average molecular weight is 360 g/mol. The molecule has 0 aromatic heterocycles. The summed E-state index contributed by atoms with van der Waals surface area (Å²) in [4.78, 5) is 0. The molecule has 84 valence electrons. The molecule has 0 saturated heterocycles. The number of hydrogen-bond acceptors (Lipinski definition) is 3. The minimum Gasteiger partial charge on any atom is -0.506 e. The molecular weight excluding hydrogens is 351 g/mol. The Balaban J connectivity index is 3.13. The molecule has 2 atom stereocenters. The summed E-state index contributed by atoms with van der Waals surface area (Å²) in [6.07, 6.45) is -2.32. The molecule has 1 rings (SSSR count). The molecule has 0 heterocycles. The number of halogens is 3. The van der Waals surface area contributed by atoms with E-state index in [2.05, 4.69) is 31.9 Å². The Bertz CT molecular complexity index is 359. The Kier molecular flexibility index (Phi) is 4.86. The van der Waals surface area contributed by atoms with Crippen molar-refractivity contribution in [1.29, 1.82) is 0 Å². The molecule has 15 heavy (non-hydrogen) atoms. The van der Waals surface area contributed by atoms with Crippen molar-refractivity contribution in [3.63, 3.8) is 0 Å². The van der Waals surface area contributed by atoms with Crippen molar-refractivity contribution < 1.29 is 15.3 Å². The van der Waals surface area contributed by atoms with Gasteiger partial charge in [0.1, 0.15) is 11.9 Å². The molecule has 0 aliphatic rings. The lowest BCUT2D eigenvalue weighted by atomic mass is 10.0. The number of benzene rings is 1. The molecule has 0 amide bonds. The van der Waals surface area contributed by atoms with Crippen LogP contribution in [0.15, 0.2) is 21.1 Å². The monoisotopic (exact) mass is 358 g/mol. The molecule has 3 nitrogen and oxygen atoms in total. The first-order valence-corrected chi connectivity index (χ1v) is 6.19. The first kappa shape index (κ1) is 13.3. The lowest BCUT2D eigenvalue weighted by Crippen LogP contribution is -2.19. The molecule has 6 heteroatoms. The van der Waals surface area contributed by atoms with Crippen LogP contribution in [0.2, 0.25) is 0 Å². The maximum atomic E-state index is 9.68. The summed E-state index contributed by atoms with van der Waals surface area (Å²) in [5.41, 5.74) is 0.226. The van der Waals surface area contributed by atoms with E-state index < -0.39 is 12.2 Å². The van der Waals surface area contributed by atoms with Crippen molar-refractivity contribution >= 4 is 43.5 Å². The van der Waals surface area contributed by atoms with Gasteiger partial charge >= 0.3 is 0 Å². The third kappa shape index (κ3) is 3.07. The van der Waals surface area contributed by atoms with E-state index in [1.807, 2.05) is 0 Å². The third-order valence-corrected chi connectivity index (χ3v) is 3.28. The van der Waals surface area contributed by atoms with Crippen LogP contribution in [0.3, 0.4) is 0 Å². The van der Waals surface area contributed by atoms with E-state index in [0.717, 1.165) is 0 Å². The standard InChI is InChI=1S/C9H9Br2ClO3/c10-4-1-5(8(14)6(11)2-4)9(15)7(13)3-12/h1-2,7,9,13-15H,3H2. The van der Waals surface area contributed by atoms with Gasteiger partial charge in [-0.15, -0.1) is 11.6 Å². The van der Waals surface area contributed by atoms with Crippen molar-refractivity contribution in [2.24, 2.45) is 0 Å². The highest BCUT2D eigenvalue weighted by Gasteiger charge is 2.22. The summed E-state index contributed by atoms with van der Waals surface area (Å²) in [5, 5.41) is 28.7. The van der Waals surface area contributed by atoms with Crippen LogP contribution < -0.4 is 0 Å². The molecule has 1 aromatic rings. The summed E-state index contributed by atoms with van der Waals surface area (Å²) < 4.78 is 1.12. The first-order chi connectivity index (χ1) is 6.97. The van der Waals surface area contributed by atoms with Gasteiger partial charge in [-0.1, -0.05) is 15.9 Å².